The van der Waals surface area contributed by atoms with Crippen molar-refractivity contribution in [2.24, 2.45) is 0 Å². The molecule has 2 atom stereocenters. The number of hydrogen-bond donors (Lipinski definition) is 1. The third-order valence-corrected chi connectivity index (χ3v) is 6.72. The topological polar surface area (TPSA) is 47.0 Å². The maximum absolute atomic E-state index is 12.9. The Kier molecular flexibility index (Phi) is 7.93. The zero-order valence-corrected chi connectivity index (χ0v) is 19.3. The van der Waals surface area contributed by atoms with Crippen LogP contribution in [-0.2, 0) is 22.9 Å². The van der Waals surface area contributed by atoms with Crippen molar-refractivity contribution in [3.63, 3.8) is 0 Å². The Morgan fingerprint density at radius 1 is 1.16 bits per heavy atom. The van der Waals surface area contributed by atoms with Gasteiger partial charge in [-0.2, -0.15) is 13.2 Å². The second kappa shape index (κ2) is 10.3. The van der Waals surface area contributed by atoms with Gasteiger partial charge in [0.15, 0.2) is 0 Å². The molecule has 1 aliphatic heterocycles. The highest BCUT2D eigenvalue weighted by Crippen LogP contribution is 2.46. The number of nitrogens with zero attached hydrogens (tertiary/aromatic N) is 2. The van der Waals surface area contributed by atoms with Crippen molar-refractivity contribution in [2.75, 3.05) is 13.2 Å². The summed E-state index contributed by atoms with van der Waals surface area (Å²) in [5, 5.41) is 3.42. The van der Waals surface area contributed by atoms with E-state index in [4.69, 9.17) is 9.72 Å². The Balaban J connectivity index is 1.70. The van der Waals surface area contributed by atoms with Crippen molar-refractivity contribution >= 4 is 0 Å². The van der Waals surface area contributed by atoms with Crippen molar-refractivity contribution in [3.8, 4) is 0 Å². The van der Waals surface area contributed by atoms with Gasteiger partial charge in [-0.1, -0.05) is 32.4 Å². The molecule has 176 valence electrons. The number of ether oxygens (including phenoxy) is 1. The van der Waals surface area contributed by atoms with Crippen LogP contribution < -0.4 is 5.32 Å². The SMILES string of the molecule is CCCC1(CC)CC(CCNCc2cnc(C(F)(F)F)c(C)c2)(c2ccccn2)CCO1. The zero-order chi connectivity index (χ0) is 23.2. The molecule has 2 unspecified atom stereocenters. The molecule has 3 heterocycles. The van der Waals surface area contributed by atoms with Gasteiger partial charge in [-0.3, -0.25) is 9.97 Å². The van der Waals surface area contributed by atoms with Crippen LogP contribution >= 0.6 is 0 Å². The normalized spacial score (nSPS) is 23.9. The van der Waals surface area contributed by atoms with Crippen molar-refractivity contribution in [2.45, 2.75) is 83.0 Å². The van der Waals surface area contributed by atoms with Crippen LogP contribution in [0.3, 0.4) is 0 Å². The Bertz CT molecular complexity index is 870. The monoisotopic (exact) mass is 449 g/mol. The summed E-state index contributed by atoms with van der Waals surface area (Å²) in [6.07, 6.45) is 4.57. The Labute approximate surface area is 189 Å². The molecule has 4 nitrogen and oxygen atoms in total. The summed E-state index contributed by atoms with van der Waals surface area (Å²) in [7, 11) is 0. The molecule has 1 aliphatic rings. The summed E-state index contributed by atoms with van der Waals surface area (Å²) in [5.41, 5.74) is 0.988. The summed E-state index contributed by atoms with van der Waals surface area (Å²) in [4.78, 5) is 8.35. The maximum Gasteiger partial charge on any atom is 0.433 e. The first kappa shape index (κ1) is 24.6. The van der Waals surface area contributed by atoms with E-state index in [2.05, 4.69) is 30.2 Å². The average Bonchev–Trinajstić information content (AvgIpc) is 2.77. The smallest absolute Gasteiger partial charge is 0.375 e. The van der Waals surface area contributed by atoms with E-state index < -0.39 is 11.9 Å². The molecule has 0 amide bonds. The lowest BCUT2D eigenvalue weighted by atomic mass is 9.66. The molecule has 3 rings (SSSR count). The first-order valence-electron chi connectivity index (χ1n) is 11.5. The van der Waals surface area contributed by atoms with E-state index in [-0.39, 0.29) is 16.6 Å². The van der Waals surface area contributed by atoms with Gasteiger partial charge in [0, 0.05) is 36.7 Å². The fourth-order valence-electron chi connectivity index (χ4n) is 5.06. The van der Waals surface area contributed by atoms with Gasteiger partial charge in [0.1, 0.15) is 5.69 Å². The van der Waals surface area contributed by atoms with Gasteiger partial charge in [-0.05, 0) is 68.8 Å². The Morgan fingerprint density at radius 3 is 2.59 bits per heavy atom. The number of aryl methyl sites for hydroxylation is 1. The van der Waals surface area contributed by atoms with Crippen LogP contribution in [0, 0.1) is 6.92 Å². The van der Waals surface area contributed by atoms with Crippen LogP contribution in [0.5, 0.6) is 0 Å². The summed E-state index contributed by atoms with van der Waals surface area (Å²) in [6, 6.07) is 7.65. The number of halogens is 3. The fraction of sp³-hybridized carbons (Fsp3) is 0.600. The van der Waals surface area contributed by atoms with Crippen molar-refractivity contribution in [1.29, 1.82) is 0 Å². The van der Waals surface area contributed by atoms with Crippen molar-refractivity contribution < 1.29 is 17.9 Å². The average molecular weight is 450 g/mol. The highest BCUT2D eigenvalue weighted by molar-refractivity contribution is 5.26. The van der Waals surface area contributed by atoms with E-state index in [1.807, 2.05) is 18.3 Å². The number of pyridine rings is 2. The predicted molar refractivity (Wildman–Crippen MR) is 119 cm³/mol. The molecule has 0 bridgehead atoms. The molecule has 1 N–H and O–H groups in total. The number of nitrogens with one attached hydrogen (secondary N) is 1. The lowest BCUT2D eigenvalue weighted by molar-refractivity contribution is -0.141. The largest absolute Gasteiger partial charge is 0.433 e. The van der Waals surface area contributed by atoms with Gasteiger partial charge in [-0.25, -0.2) is 0 Å². The molecule has 0 spiro atoms. The summed E-state index contributed by atoms with van der Waals surface area (Å²) >= 11 is 0. The fourth-order valence-corrected chi connectivity index (χ4v) is 5.06. The predicted octanol–water partition coefficient (Wildman–Crippen LogP) is 5.98. The molecule has 1 fully saturated rings. The van der Waals surface area contributed by atoms with Gasteiger partial charge in [0.05, 0.1) is 5.60 Å². The van der Waals surface area contributed by atoms with Crippen LogP contribution in [0.2, 0.25) is 0 Å². The first-order valence-corrected chi connectivity index (χ1v) is 11.5. The number of hydrogen-bond acceptors (Lipinski definition) is 4. The second-order valence-corrected chi connectivity index (χ2v) is 8.99. The van der Waals surface area contributed by atoms with Crippen molar-refractivity contribution in [3.05, 3.63) is 59.2 Å². The first-order chi connectivity index (χ1) is 15.2. The zero-order valence-electron chi connectivity index (χ0n) is 19.3. The molecular weight excluding hydrogens is 415 g/mol. The molecule has 1 saturated heterocycles. The quantitative estimate of drug-likeness (QED) is 0.479. The standard InChI is InChI=1S/C25H34F3N3O/c1-4-9-24(5-2)18-23(11-14-32-24,21-8-6-7-12-30-21)10-13-29-16-20-15-19(3)22(31-17-20)25(26,27)28/h6-8,12,15,17,29H,4-5,9-11,13-14,16,18H2,1-3H3. The Morgan fingerprint density at radius 2 is 1.97 bits per heavy atom. The van der Waals surface area contributed by atoms with Gasteiger partial charge >= 0.3 is 6.18 Å². The molecule has 2 aromatic rings. The van der Waals surface area contributed by atoms with E-state index in [1.54, 1.807) is 6.07 Å². The molecule has 0 radical (unpaired) electrons. The van der Waals surface area contributed by atoms with Gasteiger partial charge in [0.2, 0.25) is 0 Å². The molecule has 0 saturated carbocycles. The minimum atomic E-state index is -4.42. The summed E-state index contributed by atoms with van der Waals surface area (Å²) in [6.45, 7) is 7.78. The van der Waals surface area contributed by atoms with Crippen LogP contribution in [0.1, 0.15) is 74.9 Å². The number of alkyl halides is 3. The lowest BCUT2D eigenvalue weighted by Gasteiger charge is -2.48. The van der Waals surface area contributed by atoms with Gasteiger partial charge in [-0.15, -0.1) is 0 Å². The molecule has 0 aliphatic carbocycles. The molecule has 0 aromatic carbocycles. The van der Waals surface area contributed by atoms with Crippen LogP contribution in [0.25, 0.3) is 0 Å². The van der Waals surface area contributed by atoms with E-state index in [1.165, 1.54) is 13.1 Å². The molecule has 32 heavy (non-hydrogen) atoms. The maximum atomic E-state index is 12.9. The number of rotatable bonds is 9. The Hall–Kier alpha value is -1.99. The summed E-state index contributed by atoms with van der Waals surface area (Å²) in [5.74, 6) is 0. The molecule has 2 aromatic heterocycles. The van der Waals surface area contributed by atoms with E-state index in [9.17, 15) is 13.2 Å². The van der Waals surface area contributed by atoms with Gasteiger partial charge < -0.3 is 10.1 Å². The van der Waals surface area contributed by atoms with Crippen molar-refractivity contribution in [1.82, 2.24) is 15.3 Å². The van der Waals surface area contributed by atoms with Gasteiger partial charge in [0.25, 0.3) is 0 Å². The lowest BCUT2D eigenvalue weighted by Crippen LogP contribution is -2.48. The highest BCUT2D eigenvalue weighted by atomic mass is 19.4. The van der Waals surface area contributed by atoms with Crippen LogP contribution in [0.15, 0.2) is 36.7 Å². The minimum absolute atomic E-state index is 0.0774. The van der Waals surface area contributed by atoms with Crippen LogP contribution in [-0.4, -0.2) is 28.7 Å². The third kappa shape index (κ3) is 5.67. The molecule has 7 heteroatoms. The third-order valence-electron chi connectivity index (χ3n) is 6.72. The number of aromatic nitrogens is 2. The highest BCUT2D eigenvalue weighted by Gasteiger charge is 2.45. The second-order valence-electron chi connectivity index (χ2n) is 8.99. The van der Waals surface area contributed by atoms with Crippen LogP contribution in [0.4, 0.5) is 13.2 Å². The van der Waals surface area contributed by atoms with E-state index >= 15 is 0 Å². The minimum Gasteiger partial charge on any atom is -0.375 e. The molecular formula is C25H34F3N3O. The van der Waals surface area contributed by atoms with E-state index in [0.717, 1.165) is 56.3 Å². The summed E-state index contributed by atoms with van der Waals surface area (Å²) < 4.78 is 45.2. The van der Waals surface area contributed by atoms with E-state index in [0.29, 0.717) is 13.2 Å².